The normalized spacial score (nSPS) is 36.8. The molecule has 0 aromatic heterocycles. The Bertz CT molecular complexity index is 602. The molecule has 2 aliphatic heterocycles. The Morgan fingerprint density at radius 1 is 1.12 bits per heavy atom. The second-order valence-electron chi connectivity index (χ2n) is 5.70. The fourth-order valence-electron chi connectivity index (χ4n) is 2.59. The number of nitrogens with zero attached hydrogens (tertiary/aromatic N) is 1. The van der Waals surface area contributed by atoms with Gasteiger partial charge in [0.05, 0.1) is 12.7 Å². The fraction of sp³-hybridized carbons (Fsp3) is 0.667. The number of amides is 2. The summed E-state index contributed by atoms with van der Waals surface area (Å²) in [6.45, 7) is 3.08. The van der Waals surface area contributed by atoms with E-state index in [-0.39, 0.29) is 5.57 Å². The van der Waals surface area contributed by atoms with Gasteiger partial charge in [-0.3, -0.25) is 14.5 Å². The van der Waals surface area contributed by atoms with Gasteiger partial charge in [-0.1, -0.05) is 0 Å². The van der Waals surface area contributed by atoms with Gasteiger partial charge in [-0.2, -0.15) is 0 Å². The quantitative estimate of drug-likeness (QED) is 0.502. The summed E-state index contributed by atoms with van der Waals surface area (Å²) in [6, 6.07) is 0. The molecule has 9 nitrogen and oxygen atoms in total. The van der Waals surface area contributed by atoms with Crippen molar-refractivity contribution in [3.63, 3.8) is 0 Å². The van der Waals surface area contributed by atoms with Gasteiger partial charge in [0.2, 0.25) is 11.6 Å². The number of esters is 1. The van der Waals surface area contributed by atoms with Gasteiger partial charge >= 0.3 is 5.97 Å². The summed E-state index contributed by atoms with van der Waals surface area (Å²) in [4.78, 5) is 37.1. The van der Waals surface area contributed by atoms with Crippen molar-refractivity contribution in [1.29, 1.82) is 0 Å². The number of ether oxygens (including phenoxy) is 5. The topological polar surface area (TPSA) is 101 Å². The molecule has 0 aliphatic carbocycles. The molecule has 4 atom stereocenters. The SMILES string of the molecule is COC(=O)[C@@H]1O[C@@](C)(OC)[C@](C)(OC)O[C@@H]1C1=CC(=O)N(C)C1=O. The number of hydrogen-bond donors (Lipinski definition) is 0. The Morgan fingerprint density at radius 2 is 1.67 bits per heavy atom. The predicted octanol–water partition coefficient (Wildman–Crippen LogP) is -0.406. The molecule has 0 aromatic rings. The maximum atomic E-state index is 12.3. The molecule has 0 radical (unpaired) electrons. The van der Waals surface area contributed by atoms with Crippen LogP contribution < -0.4 is 0 Å². The molecule has 0 saturated carbocycles. The lowest BCUT2D eigenvalue weighted by Gasteiger charge is -2.51. The minimum Gasteiger partial charge on any atom is -0.467 e. The molecular formula is C15H21NO8. The van der Waals surface area contributed by atoms with Crippen molar-refractivity contribution in [3.05, 3.63) is 11.6 Å². The van der Waals surface area contributed by atoms with Crippen molar-refractivity contribution >= 4 is 17.8 Å². The highest BCUT2D eigenvalue weighted by atomic mass is 16.8. The Balaban J connectivity index is 2.48. The van der Waals surface area contributed by atoms with Crippen LogP contribution in [0.2, 0.25) is 0 Å². The maximum Gasteiger partial charge on any atom is 0.338 e. The van der Waals surface area contributed by atoms with Crippen LogP contribution in [0.1, 0.15) is 13.8 Å². The molecule has 2 aliphatic rings. The maximum absolute atomic E-state index is 12.3. The molecular weight excluding hydrogens is 322 g/mol. The second-order valence-corrected chi connectivity index (χ2v) is 5.70. The van der Waals surface area contributed by atoms with Crippen molar-refractivity contribution in [2.45, 2.75) is 37.6 Å². The third-order valence-corrected chi connectivity index (χ3v) is 4.48. The molecule has 9 heteroatoms. The number of rotatable bonds is 4. The molecule has 0 spiro atoms. The van der Waals surface area contributed by atoms with E-state index >= 15 is 0 Å². The highest BCUT2D eigenvalue weighted by Gasteiger charge is 2.60. The zero-order valence-corrected chi connectivity index (χ0v) is 14.4. The van der Waals surface area contributed by atoms with E-state index < -0.39 is 41.6 Å². The largest absolute Gasteiger partial charge is 0.467 e. The van der Waals surface area contributed by atoms with Crippen LogP contribution in [0.25, 0.3) is 0 Å². The number of hydrogen-bond acceptors (Lipinski definition) is 8. The van der Waals surface area contributed by atoms with Crippen molar-refractivity contribution in [2.24, 2.45) is 0 Å². The van der Waals surface area contributed by atoms with Crippen LogP contribution in [-0.2, 0) is 38.1 Å². The molecule has 2 amide bonds. The van der Waals surface area contributed by atoms with Gasteiger partial charge in [-0.05, 0) is 13.8 Å². The minimum absolute atomic E-state index is 0.0145. The summed E-state index contributed by atoms with van der Waals surface area (Å²) in [7, 11) is 5.25. The number of carbonyl (C=O) groups excluding carboxylic acids is 3. The predicted molar refractivity (Wildman–Crippen MR) is 78.5 cm³/mol. The summed E-state index contributed by atoms with van der Waals surface area (Å²) in [5, 5.41) is 0. The zero-order chi connectivity index (χ0) is 18.3. The van der Waals surface area contributed by atoms with E-state index in [0.717, 1.165) is 11.0 Å². The lowest BCUT2D eigenvalue weighted by molar-refractivity contribution is -0.438. The van der Waals surface area contributed by atoms with E-state index in [2.05, 4.69) is 0 Å². The van der Waals surface area contributed by atoms with Gasteiger partial charge in [0, 0.05) is 27.3 Å². The van der Waals surface area contributed by atoms with Crippen LogP contribution in [0.4, 0.5) is 0 Å². The molecule has 2 rings (SSSR count). The molecule has 134 valence electrons. The summed E-state index contributed by atoms with van der Waals surface area (Å²) >= 11 is 0. The first-order valence-electron chi connectivity index (χ1n) is 7.21. The Kier molecular flexibility index (Phi) is 4.82. The van der Waals surface area contributed by atoms with E-state index in [0.29, 0.717) is 0 Å². The molecule has 1 fully saturated rings. The third kappa shape index (κ3) is 2.63. The molecule has 24 heavy (non-hydrogen) atoms. The first-order chi connectivity index (χ1) is 11.1. The molecule has 0 N–H and O–H groups in total. The lowest BCUT2D eigenvalue weighted by atomic mass is 9.98. The molecule has 2 heterocycles. The van der Waals surface area contributed by atoms with Crippen LogP contribution in [0.15, 0.2) is 11.6 Å². The van der Waals surface area contributed by atoms with E-state index in [4.69, 9.17) is 23.7 Å². The zero-order valence-electron chi connectivity index (χ0n) is 14.4. The standard InChI is InChI=1S/C15H21NO8/c1-14(21-5)15(2,22-6)24-11(13(19)20-4)10(23-14)8-7-9(17)16(3)12(8)18/h7,10-11H,1-6H3/t10-,11-,14-,15-/m1/s1. The highest BCUT2D eigenvalue weighted by molar-refractivity contribution is 6.16. The van der Waals surface area contributed by atoms with Gasteiger partial charge in [-0.15, -0.1) is 0 Å². The Labute approximate surface area is 139 Å². The minimum atomic E-state index is -1.45. The summed E-state index contributed by atoms with van der Waals surface area (Å²) < 4.78 is 27.1. The highest BCUT2D eigenvalue weighted by Crippen LogP contribution is 2.42. The van der Waals surface area contributed by atoms with Gasteiger partial charge in [0.15, 0.2) is 6.10 Å². The summed E-state index contributed by atoms with van der Waals surface area (Å²) in [6.07, 6.45) is -1.39. The average molecular weight is 343 g/mol. The first-order valence-corrected chi connectivity index (χ1v) is 7.21. The smallest absolute Gasteiger partial charge is 0.338 e. The molecule has 0 unspecified atom stereocenters. The molecule has 1 saturated heterocycles. The molecule has 0 aromatic carbocycles. The van der Waals surface area contributed by atoms with Gasteiger partial charge in [0.25, 0.3) is 11.8 Å². The number of methoxy groups -OCH3 is 3. The van der Waals surface area contributed by atoms with Gasteiger partial charge in [-0.25, -0.2) is 4.79 Å². The average Bonchev–Trinajstić information content (AvgIpc) is 2.83. The van der Waals surface area contributed by atoms with Crippen LogP contribution in [0.3, 0.4) is 0 Å². The second kappa shape index (κ2) is 6.25. The molecule has 0 bridgehead atoms. The van der Waals surface area contributed by atoms with E-state index in [1.807, 2.05) is 0 Å². The van der Waals surface area contributed by atoms with Gasteiger partial charge < -0.3 is 23.7 Å². The van der Waals surface area contributed by atoms with Crippen LogP contribution in [0.5, 0.6) is 0 Å². The Hall–Kier alpha value is -1.81. The van der Waals surface area contributed by atoms with Gasteiger partial charge in [0.1, 0.15) is 6.10 Å². The lowest BCUT2D eigenvalue weighted by Crippen LogP contribution is -2.67. The van der Waals surface area contributed by atoms with Crippen LogP contribution in [-0.4, -0.2) is 74.8 Å². The number of likely N-dealkylation sites (N-methyl/N-ethyl adjacent to an activating group) is 1. The van der Waals surface area contributed by atoms with Crippen molar-refractivity contribution in [1.82, 2.24) is 4.90 Å². The van der Waals surface area contributed by atoms with Crippen molar-refractivity contribution in [2.75, 3.05) is 28.4 Å². The van der Waals surface area contributed by atoms with Crippen molar-refractivity contribution < 1.29 is 38.1 Å². The third-order valence-electron chi connectivity index (χ3n) is 4.48. The van der Waals surface area contributed by atoms with Crippen molar-refractivity contribution in [3.8, 4) is 0 Å². The van der Waals surface area contributed by atoms with E-state index in [9.17, 15) is 14.4 Å². The summed E-state index contributed by atoms with van der Waals surface area (Å²) in [5.74, 6) is -4.75. The fourth-order valence-corrected chi connectivity index (χ4v) is 2.59. The first kappa shape index (κ1) is 18.5. The van der Waals surface area contributed by atoms with Crippen LogP contribution >= 0.6 is 0 Å². The Morgan fingerprint density at radius 3 is 2.08 bits per heavy atom. The number of carbonyl (C=O) groups is 3. The summed E-state index contributed by atoms with van der Waals surface area (Å²) in [5.41, 5.74) is -0.0145. The monoisotopic (exact) mass is 343 g/mol. The van der Waals surface area contributed by atoms with E-state index in [1.165, 1.54) is 35.3 Å². The van der Waals surface area contributed by atoms with Crippen LogP contribution in [0, 0.1) is 0 Å². The number of imide groups is 1. The van der Waals surface area contributed by atoms with E-state index in [1.54, 1.807) is 6.92 Å².